The van der Waals surface area contributed by atoms with Gasteiger partial charge in [0.15, 0.2) is 5.65 Å². The van der Waals surface area contributed by atoms with Crippen molar-refractivity contribution in [1.29, 1.82) is 0 Å². The third-order valence-electron chi connectivity index (χ3n) is 6.24. The Bertz CT molecular complexity index is 873. The fourth-order valence-electron chi connectivity index (χ4n) is 4.35. The number of piperidine rings is 1. The van der Waals surface area contributed by atoms with Crippen LogP contribution in [0, 0.1) is 11.3 Å². The number of allylic oxidation sites excluding steroid dienone is 2. The predicted octanol–water partition coefficient (Wildman–Crippen LogP) is 3.01. The molecule has 3 aliphatic rings. The molecule has 3 heterocycles. The Morgan fingerprint density at radius 3 is 2.81 bits per heavy atom. The van der Waals surface area contributed by atoms with Crippen LogP contribution in [-0.2, 0) is 4.79 Å². The van der Waals surface area contributed by atoms with Crippen LogP contribution in [0.2, 0.25) is 0 Å². The maximum atomic E-state index is 12.0. The summed E-state index contributed by atoms with van der Waals surface area (Å²) >= 11 is 0. The molecule has 2 fully saturated rings. The highest BCUT2D eigenvalue weighted by Gasteiger charge is 2.34. The van der Waals surface area contributed by atoms with Crippen LogP contribution in [0.4, 0.5) is 5.95 Å². The lowest BCUT2D eigenvalue weighted by Gasteiger charge is -2.40. The monoisotopic (exact) mass is 351 g/mol. The Morgan fingerprint density at radius 1 is 1.23 bits per heavy atom. The first-order valence-electron chi connectivity index (χ1n) is 9.79. The van der Waals surface area contributed by atoms with Crippen molar-refractivity contribution in [2.45, 2.75) is 44.9 Å². The first kappa shape index (κ1) is 16.0. The fourth-order valence-corrected chi connectivity index (χ4v) is 4.35. The second kappa shape index (κ2) is 6.20. The van der Waals surface area contributed by atoms with Crippen molar-refractivity contribution in [3.8, 4) is 0 Å². The standard InChI is InChI=1S/C20H25N5O/c26-18(15-4-5-15)23-19-22-17-3-1-2-16(25(17)24-19)14-6-8-20(9-7-14)10-12-21-13-11-20/h1-3,6,15,21H,4-5,7-13H2,(H,23,24,26). The quantitative estimate of drug-likeness (QED) is 0.892. The number of anilines is 1. The molecule has 1 amide bonds. The Morgan fingerprint density at radius 2 is 2.08 bits per heavy atom. The van der Waals surface area contributed by atoms with Crippen molar-refractivity contribution in [2.75, 3.05) is 18.4 Å². The molecule has 6 heteroatoms. The topological polar surface area (TPSA) is 71.3 Å². The summed E-state index contributed by atoms with van der Waals surface area (Å²) in [6, 6.07) is 6.09. The van der Waals surface area contributed by atoms with Crippen LogP contribution in [0.1, 0.15) is 50.6 Å². The Labute approximate surface area is 153 Å². The van der Waals surface area contributed by atoms with Crippen LogP contribution in [0.3, 0.4) is 0 Å². The van der Waals surface area contributed by atoms with Gasteiger partial charge in [0.25, 0.3) is 0 Å². The molecular weight excluding hydrogens is 326 g/mol. The molecule has 2 aliphatic carbocycles. The summed E-state index contributed by atoms with van der Waals surface area (Å²) in [5.41, 5.74) is 3.74. The highest BCUT2D eigenvalue weighted by atomic mass is 16.2. The molecule has 26 heavy (non-hydrogen) atoms. The van der Waals surface area contributed by atoms with Crippen molar-refractivity contribution in [1.82, 2.24) is 19.9 Å². The number of hydrogen-bond acceptors (Lipinski definition) is 4. The van der Waals surface area contributed by atoms with Gasteiger partial charge in [0.1, 0.15) is 0 Å². The van der Waals surface area contributed by atoms with E-state index >= 15 is 0 Å². The minimum absolute atomic E-state index is 0.0483. The van der Waals surface area contributed by atoms with E-state index in [1.54, 1.807) is 0 Å². The molecule has 6 nitrogen and oxygen atoms in total. The SMILES string of the molecule is O=C(Nc1nc2cccc(C3=CCC4(CCNCC4)CC3)n2n1)C1CC1. The summed E-state index contributed by atoms with van der Waals surface area (Å²) in [5, 5.41) is 10.9. The summed E-state index contributed by atoms with van der Waals surface area (Å²) in [5.74, 6) is 0.621. The zero-order valence-corrected chi connectivity index (χ0v) is 15.0. The smallest absolute Gasteiger partial charge is 0.249 e. The molecule has 0 radical (unpaired) electrons. The number of rotatable bonds is 3. The van der Waals surface area contributed by atoms with E-state index in [0.717, 1.165) is 50.1 Å². The van der Waals surface area contributed by atoms with E-state index in [4.69, 9.17) is 0 Å². The summed E-state index contributed by atoms with van der Waals surface area (Å²) in [6.07, 6.45) is 10.4. The lowest BCUT2D eigenvalue weighted by molar-refractivity contribution is -0.117. The van der Waals surface area contributed by atoms with Crippen molar-refractivity contribution >= 4 is 23.1 Å². The van der Waals surface area contributed by atoms with Gasteiger partial charge in [-0.15, -0.1) is 5.10 Å². The third kappa shape index (κ3) is 2.92. The van der Waals surface area contributed by atoms with E-state index in [9.17, 15) is 4.79 Å². The highest BCUT2D eigenvalue weighted by Crippen LogP contribution is 2.44. The minimum atomic E-state index is 0.0483. The van der Waals surface area contributed by atoms with Crippen LogP contribution in [0.15, 0.2) is 24.3 Å². The average Bonchev–Trinajstić information content (AvgIpc) is 3.43. The van der Waals surface area contributed by atoms with Gasteiger partial charge in [-0.25, -0.2) is 4.52 Å². The van der Waals surface area contributed by atoms with Crippen LogP contribution >= 0.6 is 0 Å². The molecule has 5 rings (SSSR count). The molecular formula is C20H25N5O. The van der Waals surface area contributed by atoms with Gasteiger partial charge in [0.05, 0.1) is 5.69 Å². The zero-order chi connectivity index (χ0) is 17.6. The maximum absolute atomic E-state index is 12.0. The number of carbonyl (C=O) groups is 1. The van der Waals surface area contributed by atoms with Gasteiger partial charge in [-0.2, -0.15) is 4.98 Å². The molecule has 1 aliphatic heterocycles. The van der Waals surface area contributed by atoms with E-state index < -0.39 is 0 Å². The van der Waals surface area contributed by atoms with Crippen LogP contribution in [0.25, 0.3) is 11.2 Å². The Balaban J connectivity index is 1.41. The van der Waals surface area contributed by atoms with Gasteiger partial charge in [-0.1, -0.05) is 12.1 Å². The molecule has 0 unspecified atom stereocenters. The maximum Gasteiger partial charge on any atom is 0.249 e. The molecule has 2 aromatic rings. The molecule has 136 valence electrons. The molecule has 2 aromatic heterocycles. The normalized spacial score (nSPS) is 22.4. The van der Waals surface area contributed by atoms with Gasteiger partial charge in [0.2, 0.25) is 11.9 Å². The number of pyridine rings is 1. The molecule has 0 aromatic carbocycles. The van der Waals surface area contributed by atoms with Gasteiger partial charge in [-0.05, 0) is 81.2 Å². The fraction of sp³-hybridized carbons (Fsp3) is 0.550. The second-order valence-electron chi connectivity index (χ2n) is 8.06. The number of amides is 1. The van der Waals surface area contributed by atoms with Crippen molar-refractivity contribution in [3.63, 3.8) is 0 Å². The number of carbonyl (C=O) groups excluding carboxylic acids is 1. The Hall–Kier alpha value is -2.21. The van der Waals surface area contributed by atoms with E-state index in [0.29, 0.717) is 11.4 Å². The van der Waals surface area contributed by atoms with Crippen molar-refractivity contribution in [2.24, 2.45) is 11.3 Å². The molecule has 1 saturated heterocycles. The number of nitrogens with one attached hydrogen (secondary N) is 2. The van der Waals surface area contributed by atoms with Gasteiger partial charge < -0.3 is 5.32 Å². The summed E-state index contributed by atoms with van der Waals surface area (Å²) in [4.78, 5) is 16.5. The van der Waals surface area contributed by atoms with Gasteiger partial charge in [0, 0.05) is 5.92 Å². The third-order valence-corrected chi connectivity index (χ3v) is 6.24. The van der Waals surface area contributed by atoms with Crippen molar-refractivity contribution < 1.29 is 4.79 Å². The van der Waals surface area contributed by atoms with Crippen LogP contribution in [-0.4, -0.2) is 33.6 Å². The van der Waals surface area contributed by atoms with Gasteiger partial charge in [-0.3, -0.25) is 10.1 Å². The summed E-state index contributed by atoms with van der Waals surface area (Å²) in [6.45, 7) is 2.29. The summed E-state index contributed by atoms with van der Waals surface area (Å²) in [7, 11) is 0. The number of aromatic nitrogens is 3. The lowest BCUT2D eigenvalue weighted by Crippen LogP contribution is -2.37. The van der Waals surface area contributed by atoms with Crippen molar-refractivity contribution in [3.05, 3.63) is 30.0 Å². The first-order valence-corrected chi connectivity index (χ1v) is 9.79. The highest BCUT2D eigenvalue weighted by molar-refractivity contribution is 5.92. The summed E-state index contributed by atoms with van der Waals surface area (Å²) < 4.78 is 1.88. The van der Waals surface area contributed by atoms with Crippen LogP contribution in [0.5, 0.6) is 0 Å². The largest absolute Gasteiger partial charge is 0.317 e. The zero-order valence-electron chi connectivity index (χ0n) is 15.0. The minimum Gasteiger partial charge on any atom is -0.317 e. The number of fused-ring (bicyclic) bond motifs is 1. The van der Waals surface area contributed by atoms with Gasteiger partial charge >= 0.3 is 0 Å². The predicted molar refractivity (Wildman–Crippen MR) is 101 cm³/mol. The molecule has 1 saturated carbocycles. The molecule has 1 spiro atoms. The Kier molecular flexibility index (Phi) is 3.81. The van der Waals surface area contributed by atoms with E-state index in [1.165, 1.54) is 24.8 Å². The number of nitrogens with zero attached hydrogens (tertiary/aromatic N) is 3. The molecule has 0 bridgehead atoms. The molecule has 0 atom stereocenters. The molecule has 2 N–H and O–H groups in total. The van der Waals surface area contributed by atoms with E-state index in [2.05, 4.69) is 32.9 Å². The van der Waals surface area contributed by atoms with Crippen LogP contribution < -0.4 is 10.6 Å². The van der Waals surface area contributed by atoms with E-state index in [-0.39, 0.29) is 11.8 Å². The first-order chi connectivity index (χ1) is 12.7. The van der Waals surface area contributed by atoms with E-state index in [1.807, 2.05) is 16.6 Å². The lowest BCUT2D eigenvalue weighted by atomic mass is 9.69. The average molecular weight is 351 g/mol. The second-order valence-corrected chi connectivity index (χ2v) is 8.06. The number of hydrogen-bond donors (Lipinski definition) is 2.